The summed E-state index contributed by atoms with van der Waals surface area (Å²) < 4.78 is 28.5. The molecular formula is C21H45NO3S. The van der Waals surface area contributed by atoms with Crippen LogP contribution in [0, 0.1) is 0 Å². The van der Waals surface area contributed by atoms with Gasteiger partial charge in [0.1, 0.15) is 0 Å². The van der Waals surface area contributed by atoms with Gasteiger partial charge in [0.05, 0.1) is 12.4 Å². The van der Waals surface area contributed by atoms with Gasteiger partial charge in [-0.05, 0) is 33.5 Å². The summed E-state index contributed by atoms with van der Waals surface area (Å²) in [4.78, 5) is 1.99. The van der Waals surface area contributed by atoms with Crippen LogP contribution < -0.4 is 0 Å². The molecule has 0 rings (SSSR count). The molecule has 0 saturated heterocycles. The molecule has 0 unspecified atom stereocenters. The van der Waals surface area contributed by atoms with Gasteiger partial charge in [-0.2, -0.15) is 8.42 Å². The average Bonchev–Trinajstić information content (AvgIpc) is 2.57. The Morgan fingerprint density at radius 3 is 1.50 bits per heavy atom. The first-order valence-electron chi connectivity index (χ1n) is 11.0. The number of unbranched alkanes of at least 4 members (excludes halogenated alkanes) is 13. The molecule has 0 aromatic heterocycles. The third kappa shape index (κ3) is 20.2. The summed E-state index contributed by atoms with van der Waals surface area (Å²) in [5.41, 5.74) is 0. The van der Waals surface area contributed by atoms with Crippen molar-refractivity contribution >= 4 is 10.1 Å². The second kappa shape index (κ2) is 18.2. The number of hydrogen-bond donors (Lipinski definition) is 0. The van der Waals surface area contributed by atoms with E-state index in [2.05, 4.69) is 6.92 Å². The SMILES string of the molecule is CCCCCCCCCCCCCCCCOS(=O)(=O)CCCN(C)C. The molecule has 5 heteroatoms. The van der Waals surface area contributed by atoms with Gasteiger partial charge in [0.2, 0.25) is 0 Å². The van der Waals surface area contributed by atoms with Crippen molar-refractivity contribution in [2.75, 3.05) is 33.0 Å². The summed E-state index contributed by atoms with van der Waals surface area (Å²) in [7, 11) is 0.571. The van der Waals surface area contributed by atoms with E-state index in [4.69, 9.17) is 4.18 Å². The molecule has 0 N–H and O–H groups in total. The van der Waals surface area contributed by atoms with Crippen LogP contribution in [0.15, 0.2) is 0 Å². The maximum absolute atomic E-state index is 11.7. The summed E-state index contributed by atoms with van der Waals surface area (Å²) in [6, 6.07) is 0. The average molecular weight is 392 g/mol. The van der Waals surface area contributed by atoms with Crippen LogP contribution in [0.4, 0.5) is 0 Å². The molecule has 0 heterocycles. The van der Waals surface area contributed by atoms with Gasteiger partial charge >= 0.3 is 0 Å². The van der Waals surface area contributed by atoms with E-state index in [0.717, 1.165) is 19.4 Å². The summed E-state index contributed by atoms with van der Waals surface area (Å²) in [5, 5.41) is 0. The summed E-state index contributed by atoms with van der Waals surface area (Å²) >= 11 is 0. The molecule has 0 saturated carbocycles. The highest BCUT2D eigenvalue weighted by Gasteiger charge is 2.10. The molecule has 4 nitrogen and oxygen atoms in total. The Morgan fingerprint density at radius 1 is 0.654 bits per heavy atom. The first-order valence-corrected chi connectivity index (χ1v) is 12.6. The number of hydrogen-bond acceptors (Lipinski definition) is 4. The summed E-state index contributed by atoms with van der Waals surface area (Å²) in [6.07, 6.45) is 18.8. The lowest BCUT2D eigenvalue weighted by Gasteiger charge is -2.09. The third-order valence-corrected chi connectivity index (χ3v) is 6.07. The maximum atomic E-state index is 11.7. The quantitative estimate of drug-likeness (QED) is 0.195. The van der Waals surface area contributed by atoms with Crippen molar-refractivity contribution in [2.24, 2.45) is 0 Å². The van der Waals surface area contributed by atoms with Gasteiger partial charge < -0.3 is 4.90 Å². The molecule has 0 spiro atoms. The Kier molecular flexibility index (Phi) is 18.2. The van der Waals surface area contributed by atoms with Crippen LogP contribution in [0.2, 0.25) is 0 Å². The fourth-order valence-electron chi connectivity index (χ4n) is 3.10. The van der Waals surface area contributed by atoms with Gasteiger partial charge in [0.25, 0.3) is 10.1 Å². The van der Waals surface area contributed by atoms with Gasteiger partial charge in [-0.25, -0.2) is 0 Å². The molecule has 0 fully saturated rings. The Labute approximate surface area is 164 Å². The zero-order chi connectivity index (χ0) is 19.5. The Hall–Kier alpha value is -0.130. The molecule has 0 atom stereocenters. The molecular weight excluding hydrogens is 346 g/mol. The van der Waals surface area contributed by atoms with Crippen LogP contribution >= 0.6 is 0 Å². The Balaban J connectivity index is 3.26. The van der Waals surface area contributed by atoms with Gasteiger partial charge in [0, 0.05) is 0 Å². The molecule has 0 aromatic carbocycles. The van der Waals surface area contributed by atoms with Crippen LogP contribution in [0.1, 0.15) is 103 Å². The largest absolute Gasteiger partial charge is 0.309 e. The van der Waals surface area contributed by atoms with Crippen LogP contribution in [-0.4, -0.2) is 46.3 Å². The van der Waals surface area contributed by atoms with E-state index in [-0.39, 0.29) is 5.75 Å². The predicted octanol–water partition coefficient (Wildman–Crippen LogP) is 5.77. The Morgan fingerprint density at radius 2 is 1.08 bits per heavy atom. The van der Waals surface area contributed by atoms with Crippen LogP contribution in [0.3, 0.4) is 0 Å². The summed E-state index contributed by atoms with van der Waals surface area (Å²) in [5.74, 6) is 0.129. The molecule has 0 bridgehead atoms. The first kappa shape index (κ1) is 25.9. The molecule has 0 aliphatic carbocycles. The zero-order valence-electron chi connectivity index (χ0n) is 17.8. The smallest absolute Gasteiger partial charge is 0.267 e. The molecule has 0 amide bonds. The maximum Gasteiger partial charge on any atom is 0.267 e. The predicted molar refractivity (Wildman–Crippen MR) is 113 cm³/mol. The van der Waals surface area contributed by atoms with E-state index in [1.165, 1.54) is 77.0 Å². The highest BCUT2D eigenvalue weighted by molar-refractivity contribution is 7.86. The van der Waals surface area contributed by atoms with Crippen LogP contribution in [0.5, 0.6) is 0 Å². The van der Waals surface area contributed by atoms with Crippen LogP contribution in [-0.2, 0) is 14.3 Å². The van der Waals surface area contributed by atoms with E-state index in [9.17, 15) is 8.42 Å². The molecule has 0 aromatic rings. The highest BCUT2D eigenvalue weighted by atomic mass is 32.2. The fraction of sp³-hybridized carbons (Fsp3) is 1.00. The minimum atomic E-state index is -3.32. The fourth-order valence-corrected chi connectivity index (χ4v) is 4.07. The third-order valence-electron chi connectivity index (χ3n) is 4.76. The lowest BCUT2D eigenvalue weighted by atomic mass is 10.0. The van der Waals surface area contributed by atoms with Crippen molar-refractivity contribution in [2.45, 2.75) is 103 Å². The molecule has 26 heavy (non-hydrogen) atoms. The highest BCUT2D eigenvalue weighted by Crippen LogP contribution is 2.13. The first-order chi connectivity index (χ1) is 12.5. The van der Waals surface area contributed by atoms with Crippen molar-refractivity contribution in [3.8, 4) is 0 Å². The van der Waals surface area contributed by atoms with Crippen molar-refractivity contribution in [1.29, 1.82) is 0 Å². The van der Waals surface area contributed by atoms with Crippen molar-refractivity contribution in [1.82, 2.24) is 4.90 Å². The van der Waals surface area contributed by atoms with Crippen molar-refractivity contribution in [3.63, 3.8) is 0 Å². The second-order valence-corrected chi connectivity index (χ2v) is 9.60. The molecule has 0 aliphatic rings. The Bertz CT molecular complexity index is 383. The minimum Gasteiger partial charge on any atom is -0.309 e. The molecule has 0 radical (unpaired) electrons. The van der Waals surface area contributed by atoms with Gasteiger partial charge in [-0.1, -0.05) is 90.4 Å². The molecule has 158 valence electrons. The number of nitrogens with zero attached hydrogens (tertiary/aromatic N) is 1. The van der Waals surface area contributed by atoms with E-state index < -0.39 is 10.1 Å². The second-order valence-electron chi connectivity index (χ2n) is 7.84. The van der Waals surface area contributed by atoms with E-state index in [0.29, 0.717) is 13.0 Å². The lowest BCUT2D eigenvalue weighted by molar-refractivity contribution is 0.304. The normalized spacial score (nSPS) is 12.2. The van der Waals surface area contributed by atoms with E-state index in [1.807, 2.05) is 19.0 Å². The van der Waals surface area contributed by atoms with Crippen LogP contribution in [0.25, 0.3) is 0 Å². The lowest BCUT2D eigenvalue weighted by Crippen LogP contribution is -2.18. The summed E-state index contributed by atoms with van der Waals surface area (Å²) in [6.45, 7) is 3.40. The van der Waals surface area contributed by atoms with Gasteiger partial charge in [0.15, 0.2) is 0 Å². The zero-order valence-corrected chi connectivity index (χ0v) is 18.6. The standard InChI is InChI=1S/C21H45NO3S/c1-4-5-6-7-8-9-10-11-12-13-14-15-16-17-20-25-26(23,24)21-18-19-22(2)3/h4-21H2,1-3H3. The van der Waals surface area contributed by atoms with Gasteiger partial charge in [-0.3, -0.25) is 4.18 Å². The van der Waals surface area contributed by atoms with Crippen molar-refractivity contribution < 1.29 is 12.6 Å². The minimum absolute atomic E-state index is 0.129. The van der Waals surface area contributed by atoms with E-state index in [1.54, 1.807) is 0 Å². The molecule has 0 aliphatic heterocycles. The monoisotopic (exact) mass is 391 g/mol. The van der Waals surface area contributed by atoms with E-state index >= 15 is 0 Å². The van der Waals surface area contributed by atoms with Crippen molar-refractivity contribution in [3.05, 3.63) is 0 Å². The topological polar surface area (TPSA) is 46.6 Å². The van der Waals surface area contributed by atoms with Gasteiger partial charge in [-0.15, -0.1) is 0 Å². The number of rotatable bonds is 20.